The molecule has 0 bridgehead atoms. The lowest BCUT2D eigenvalue weighted by molar-refractivity contribution is -0.138. The number of carbonyl (C=O) groups is 1. The molecule has 0 aromatic rings. The van der Waals surface area contributed by atoms with Crippen molar-refractivity contribution in [1.29, 1.82) is 5.26 Å². The van der Waals surface area contributed by atoms with Gasteiger partial charge >= 0.3 is 5.97 Å². The summed E-state index contributed by atoms with van der Waals surface area (Å²) in [6, 6.07) is 2.32. The number of rotatable bonds is 6. The Morgan fingerprint density at radius 1 is 1.28 bits per heavy atom. The maximum atomic E-state index is 10.6. The van der Waals surface area contributed by atoms with Gasteiger partial charge in [-0.05, 0) is 33.2 Å². The summed E-state index contributed by atoms with van der Waals surface area (Å²) in [5.41, 5.74) is -0.231. The van der Waals surface area contributed by atoms with E-state index in [0.29, 0.717) is 0 Å². The Labute approximate surface area is 109 Å². The first kappa shape index (κ1) is 14.9. The molecule has 0 aromatic carbocycles. The van der Waals surface area contributed by atoms with Gasteiger partial charge in [0.05, 0.1) is 18.0 Å². The van der Waals surface area contributed by atoms with Crippen molar-refractivity contribution in [3.05, 3.63) is 0 Å². The lowest BCUT2D eigenvalue weighted by Crippen LogP contribution is -2.48. The number of nitriles is 1. The summed E-state index contributed by atoms with van der Waals surface area (Å²) in [5.74, 6) is -0.751. The van der Waals surface area contributed by atoms with Crippen LogP contribution < -0.4 is 0 Å². The molecule has 0 amide bonds. The fraction of sp³-hybridized carbons (Fsp3) is 0.846. The standard InChI is InChI=1S/C13H23N3O2/c1-13(2,11-14)4-3-5-15-6-8-16(9-7-15)10-12(17)18/h3-10H2,1-2H3,(H,17,18). The van der Waals surface area contributed by atoms with Gasteiger partial charge in [0.1, 0.15) is 0 Å². The molecule has 0 radical (unpaired) electrons. The minimum absolute atomic E-state index is 0.148. The molecule has 1 fully saturated rings. The number of aliphatic carboxylic acids is 1. The largest absolute Gasteiger partial charge is 0.480 e. The number of hydrogen-bond acceptors (Lipinski definition) is 4. The first-order valence-corrected chi connectivity index (χ1v) is 6.51. The van der Waals surface area contributed by atoms with E-state index in [9.17, 15) is 4.79 Å². The first-order chi connectivity index (χ1) is 8.43. The van der Waals surface area contributed by atoms with Crippen LogP contribution in [0.1, 0.15) is 26.7 Å². The van der Waals surface area contributed by atoms with Crippen molar-refractivity contribution in [3.8, 4) is 6.07 Å². The molecule has 1 aliphatic heterocycles. The number of carboxylic acid groups (broad SMARTS) is 1. The third kappa shape index (κ3) is 5.48. The normalized spacial score (nSPS) is 18.5. The second-order valence-corrected chi connectivity index (χ2v) is 5.61. The predicted molar refractivity (Wildman–Crippen MR) is 69.1 cm³/mol. The topological polar surface area (TPSA) is 67.6 Å². The van der Waals surface area contributed by atoms with E-state index in [-0.39, 0.29) is 12.0 Å². The van der Waals surface area contributed by atoms with Crippen molar-refractivity contribution < 1.29 is 9.90 Å². The molecule has 102 valence electrons. The van der Waals surface area contributed by atoms with E-state index in [1.165, 1.54) is 0 Å². The van der Waals surface area contributed by atoms with Crippen LogP contribution in [0.4, 0.5) is 0 Å². The quantitative estimate of drug-likeness (QED) is 0.765. The van der Waals surface area contributed by atoms with Crippen molar-refractivity contribution in [2.45, 2.75) is 26.7 Å². The van der Waals surface area contributed by atoms with Crippen LogP contribution in [0.25, 0.3) is 0 Å². The van der Waals surface area contributed by atoms with Crippen LogP contribution in [0.15, 0.2) is 0 Å². The highest BCUT2D eigenvalue weighted by Gasteiger charge is 2.20. The molecule has 1 N–H and O–H groups in total. The third-order valence-corrected chi connectivity index (χ3v) is 3.40. The van der Waals surface area contributed by atoms with Crippen molar-refractivity contribution in [2.24, 2.45) is 5.41 Å². The Kier molecular flexibility index (Phi) is 5.57. The Balaban J connectivity index is 2.17. The third-order valence-electron chi connectivity index (χ3n) is 3.40. The fourth-order valence-electron chi connectivity index (χ4n) is 2.16. The van der Waals surface area contributed by atoms with Crippen LogP contribution >= 0.6 is 0 Å². The summed E-state index contributed by atoms with van der Waals surface area (Å²) in [4.78, 5) is 14.9. The van der Waals surface area contributed by atoms with Crippen LogP contribution in [-0.4, -0.2) is 60.1 Å². The zero-order chi connectivity index (χ0) is 13.6. The minimum atomic E-state index is -0.751. The van der Waals surface area contributed by atoms with Crippen molar-refractivity contribution >= 4 is 5.97 Å². The predicted octanol–water partition coefficient (Wildman–Crippen LogP) is 1.02. The molecule has 1 heterocycles. The smallest absolute Gasteiger partial charge is 0.317 e. The summed E-state index contributed by atoms with van der Waals surface area (Å²) in [6.45, 7) is 8.61. The molecule has 0 atom stereocenters. The summed E-state index contributed by atoms with van der Waals surface area (Å²) in [5, 5.41) is 17.6. The van der Waals surface area contributed by atoms with Gasteiger partial charge in [-0.15, -0.1) is 0 Å². The monoisotopic (exact) mass is 253 g/mol. The van der Waals surface area contributed by atoms with E-state index in [0.717, 1.165) is 45.6 Å². The Bertz CT molecular complexity index is 315. The molecule has 1 aliphatic rings. The van der Waals surface area contributed by atoms with Gasteiger partial charge in [0, 0.05) is 26.2 Å². The average Bonchev–Trinajstić information content (AvgIpc) is 2.30. The number of hydrogen-bond donors (Lipinski definition) is 1. The molecule has 5 nitrogen and oxygen atoms in total. The molecule has 1 saturated heterocycles. The van der Waals surface area contributed by atoms with E-state index >= 15 is 0 Å². The summed E-state index contributed by atoms with van der Waals surface area (Å²) < 4.78 is 0. The Hall–Kier alpha value is -1.12. The highest BCUT2D eigenvalue weighted by molar-refractivity contribution is 5.69. The van der Waals surface area contributed by atoms with Gasteiger partial charge in [0.2, 0.25) is 0 Å². The van der Waals surface area contributed by atoms with Gasteiger partial charge in [-0.3, -0.25) is 9.69 Å². The van der Waals surface area contributed by atoms with E-state index in [1.54, 1.807) is 0 Å². The lowest BCUT2D eigenvalue weighted by atomic mass is 9.90. The molecule has 0 aliphatic carbocycles. The van der Waals surface area contributed by atoms with Crippen LogP contribution in [0.3, 0.4) is 0 Å². The summed E-state index contributed by atoms with van der Waals surface area (Å²) in [7, 11) is 0. The Morgan fingerprint density at radius 2 is 1.83 bits per heavy atom. The summed E-state index contributed by atoms with van der Waals surface area (Å²) in [6.07, 6.45) is 1.94. The zero-order valence-electron chi connectivity index (χ0n) is 11.4. The van der Waals surface area contributed by atoms with E-state index in [1.807, 2.05) is 18.7 Å². The molecule has 5 heteroatoms. The van der Waals surface area contributed by atoms with Crippen LogP contribution in [0.2, 0.25) is 0 Å². The SMILES string of the molecule is CC(C)(C#N)CCCN1CCN(CC(=O)O)CC1. The fourth-order valence-corrected chi connectivity index (χ4v) is 2.16. The maximum Gasteiger partial charge on any atom is 0.317 e. The number of piperazine rings is 1. The molecule has 0 unspecified atom stereocenters. The van der Waals surface area contributed by atoms with E-state index in [4.69, 9.17) is 10.4 Å². The lowest BCUT2D eigenvalue weighted by Gasteiger charge is -2.34. The second-order valence-electron chi connectivity index (χ2n) is 5.61. The molecule has 0 spiro atoms. The molecule has 0 saturated carbocycles. The first-order valence-electron chi connectivity index (χ1n) is 6.51. The van der Waals surface area contributed by atoms with Gasteiger partial charge in [0.15, 0.2) is 0 Å². The van der Waals surface area contributed by atoms with Crippen molar-refractivity contribution in [3.63, 3.8) is 0 Å². The molecular weight excluding hydrogens is 230 g/mol. The highest BCUT2D eigenvalue weighted by atomic mass is 16.4. The van der Waals surface area contributed by atoms with Gasteiger partial charge in [-0.2, -0.15) is 5.26 Å². The van der Waals surface area contributed by atoms with Crippen LogP contribution in [-0.2, 0) is 4.79 Å². The van der Waals surface area contributed by atoms with Gasteiger partial charge in [0.25, 0.3) is 0 Å². The maximum absolute atomic E-state index is 10.6. The van der Waals surface area contributed by atoms with Crippen LogP contribution in [0.5, 0.6) is 0 Å². The molecule has 18 heavy (non-hydrogen) atoms. The Morgan fingerprint density at radius 3 is 2.33 bits per heavy atom. The average molecular weight is 253 g/mol. The van der Waals surface area contributed by atoms with Gasteiger partial charge in [-0.25, -0.2) is 0 Å². The van der Waals surface area contributed by atoms with Crippen LogP contribution in [0, 0.1) is 16.7 Å². The molecular formula is C13H23N3O2. The molecule has 0 aromatic heterocycles. The van der Waals surface area contributed by atoms with E-state index in [2.05, 4.69) is 11.0 Å². The zero-order valence-corrected chi connectivity index (χ0v) is 11.4. The highest BCUT2D eigenvalue weighted by Crippen LogP contribution is 2.20. The van der Waals surface area contributed by atoms with Gasteiger partial charge in [-0.1, -0.05) is 0 Å². The number of carboxylic acids is 1. The number of nitrogens with zero attached hydrogens (tertiary/aromatic N) is 3. The minimum Gasteiger partial charge on any atom is -0.480 e. The molecule has 1 rings (SSSR count). The van der Waals surface area contributed by atoms with E-state index < -0.39 is 5.97 Å². The van der Waals surface area contributed by atoms with Gasteiger partial charge < -0.3 is 10.0 Å². The summed E-state index contributed by atoms with van der Waals surface area (Å²) >= 11 is 0. The van der Waals surface area contributed by atoms with Crippen molar-refractivity contribution in [2.75, 3.05) is 39.3 Å². The second kappa shape index (κ2) is 6.72. The van der Waals surface area contributed by atoms with Crippen molar-refractivity contribution in [1.82, 2.24) is 9.80 Å².